The third-order valence-corrected chi connectivity index (χ3v) is 4.01. The van der Waals surface area contributed by atoms with E-state index in [-0.39, 0.29) is 5.91 Å². The van der Waals surface area contributed by atoms with Crippen molar-refractivity contribution in [1.29, 1.82) is 0 Å². The van der Waals surface area contributed by atoms with Gasteiger partial charge in [-0.3, -0.25) is 4.79 Å². The van der Waals surface area contributed by atoms with E-state index in [9.17, 15) is 4.79 Å². The number of carbonyl (C=O) groups excluding carboxylic acids is 1. The van der Waals surface area contributed by atoms with Crippen LogP contribution in [0.1, 0.15) is 35.7 Å². The number of likely N-dealkylation sites (tertiary alicyclic amines) is 1. The molecule has 3 nitrogen and oxygen atoms in total. The van der Waals surface area contributed by atoms with Gasteiger partial charge >= 0.3 is 0 Å². The predicted molar refractivity (Wildman–Crippen MR) is 69.9 cm³/mol. The van der Waals surface area contributed by atoms with E-state index in [1.54, 1.807) is 0 Å². The van der Waals surface area contributed by atoms with E-state index < -0.39 is 0 Å². The van der Waals surface area contributed by atoms with Crippen LogP contribution in [0.2, 0.25) is 0 Å². The summed E-state index contributed by atoms with van der Waals surface area (Å²) in [5.41, 5.74) is 1.99. The summed E-state index contributed by atoms with van der Waals surface area (Å²) in [6.07, 6.45) is 3.17. The zero-order chi connectivity index (χ0) is 12.5. The first-order valence-electron chi connectivity index (χ1n) is 6.79. The molecule has 0 atom stereocenters. The Hall–Kier alpha value is -1.51. The summed E-state index contributed by atoms with van der Waals surface area (Å²) in [7, 11) is 0. The van der Waals surface area contributed by atoms with E-state index in [0.29, 0.717) is 0 Å². The SMILES string of the molecule is CC1CCN(C(=O)c2ccc3c(c2)CCO3)CC1. The zero-order valence-corrected chi connectivity index (χ0v) is 10.8. The largest absolute Gasteiger partial charge is 0.493 e. The van der Waals surface area contributed by atoms with E-state index >= 15 is 0 Å². The quantitative estimate of drug-likeness (QED) is 0.760. The number of fused-ring (bicyclic) bond motifs is 1. The van der Waals surface area contributed by atoms with Gasteiger partial charge in [-0.15, -0.1) is 0 Å². The zero-order valence-electron chi connectivity index (χ0n) is 10.8. The van der Waals surface area contributed by atoms with Crippen LogP contribution in [0.4, 0.5) is 0 Å². The first-order chi connectivity index (χ1) is 8.74. The van der Waals surface area contributed by atoms with Gasteiger partial charge in [0.1, 0.15) is 5.75 Å². The number of hydrogen-bond donors (Lipinski definition) is 0. The van der Waals surface area contributed by atoms with E-state index in [1.165, 1.54) is 5.56 Å². The molecule has 0 N–H and O–H groups in total. The molecule has 1 fully saturated rings. The average molecular weight is 245 g/mol. The Balaban J connectivity index is 1.76. The first kappa shape index (κ1) is 11.6. The van der Waals surface area contributed by atoms with Gasteiger partial charge in [0.05, 0.1) is 6.61 Å². The standard InChI is InChI=1S/C15H19NO2/c1-11-4-7-16(8-5-11)15(17)13-2-3-14-12(10-13)6-9-18-14/h2-3,10-11H,4-9H2,1H3. The Morgan fingerprint density at radius 3 is 2.89 bits per heavy atom. The van der Waals surface area contributed by atoms with Crippen LogP contribution in [0.3, 0.4) is 0 Å². The van der Waals surface area contributed by atoms with Crippen LogP contribution >= 0.6 is 0 Å². The Labute approximate surface area is 108 Å². The summed E-state index contributed by atoms with van der Waals surface area (Å²) >= 11 is 0. The molecule has 0 spiro atoms. The number of hydrogen-bond acceptors (Lipinski definition) is 2. The van der Waals surface area contributed by atoms with Crippen molar-refractivity contribution in [3.8, 4) is 5.75 Å². The second-order valence-electron chi connectivity index (χ2n) is 5.40. The molecule has 96 valence electrons. The maximum absolute atomic E-state index is 12.4. The highest BCUT2D eigenvalue weighted by atomic mass is 16.5. The molecule has 2 aliphatic heterocycles. The lowest BCUT2D eigenvalue weighted by atomic mass is 9.98. The molecule has 0 radical (unpaired) electrons. The number of nitrogens with zero attached hydrogens (tertiary/aromatic N) is 1. The smallest absolute Gasteiger partial charge is 0.253 e. The van der Waals surface area contributed by atoms with Crippen molar-refractivity contribution < 1.29 is 9.53 Å². The van der Waals surface area contributed by atoms with Gasteiger partial charge in [-0.05, 0) is 42.5 Å². The summed E-state index contributed by atoms with van der Waals surface area (Å²) in [4.78, 5) is 14.4. The molecule has 1 aromatic rings. The molecule has 1 amide bonds. The van der Waals surface area contributed by atoms with Gasteiger partial charge in [0.15, 0.2) is 0 Å². The van der Waals surface area contributed by atoms with Crippen LogP contribution < -0.4 is 4.74 Å². The highest BCUT2D eigenvalue weighted by Crippen LogP contribution is 2.27. The van der Waals surface area contributed by atoms with Crippen molar-refractivity contribution in [2.75, 3.05) is 19.7 Å². The lowest BCUT2D eigenvalue weighted by molar-refractivity contribution is 0.0697. The minimum Gasteiger partial charge on any atom is -0.493 e. The van der Waals surface area contributed by atoms with Gasteiger partial charge in [0.25, 0.3) is 5.91 Å². The molecule has 0 bridgehead atoms. The number of benzene rings is 1. The van der Waals surface area contributed by atoms with Crippen molar-refractivity contribution in [2.45, 2.75) is 26.2 Å². The van der Waals surface area contributed by atoms with Crippen molar-refractivity contribution in [3.05, 3.63) is 29.3 Å². The van der Waals surface area contributed by atoms with Crippen molar-refractivity contribution in [3.63, 3.8) is 0 Å². The monoisotopic (exact) mass is 245 g/mol. The number of carbonyl (C=O) groups is 1. The highest BCUT2D eigenvalue weighted by molar-refractivity contribution is 5.94. The molecule has 18 heavy (non-hydrogen) atoms. The molecule has 0 aromatic heterocycles. The fourth-order valence-electron chi connectivity index (χ4n) is 2.71. The second-order valence-corrected chi connectivity index (χ2v) is 5.40. The predicted octanol–water partition coefficient (Wildman–Crippen LogP) is 2.49. The van der Waals surface area contributed by atoms with Crippen LogP contribution in [-0.2, 0) is 6.42 Å². The Bertz CT molecular complexity index is 462. The summed E-state index contributed by atoms with van der Waals surface area (Å²) < 4.78 is 5.47. The lowest BCUT2D eigenvalue weighted by Gasteiger charge is -2.30. The minimum atomic E-state index is 0.177. The molecule has 3 rings (SSSR count). The molecule has 1 saturated heterocycles. The Morgan fingerprint density at radius 2 is 2.11 bits per heavy atom. The van der Waals surface area contributed by atoms with Crippen molar-refractivity contribution >= 4 is 5.91 Å². The lowest BCUT2D eigenvalue weighted by Crippen LogP contribution is -2.37. The molecule has 2 aliphatic rings. The van der Waals surface area contributed by atoms with E-state index in [1.807, 2.05) is 23.1 Å². The van der Waals surface area contributed by atoms with E-state index in [4.69, 9.17) is 4.74 Å². The molecular formula is C15H19NO2. The minimum absolute atomic E-state index is 0.177. The number of amides is 1. The van der Waals surface area contributed by atoms with Crippen LogP contribution in [0.5, 0.6) is 5.75 Å². The van der Waals surface area contributed by atoms with E-state index in [2.05, 4.69) is 6.92 Å². The van der Waals surface area contributed by atoms with Gasteiger partial charge in [-0.1, -0.05) is 6.92 Å². The Kier molecular flexibility index (Phi) is 2.98. The van der Waals surface area contributed by atoms with Gasteiger partial charge in [-0.25, -0.2) is 0 Å². The summed E-state index contributed by atoms with van der Waals surface area (Å²) in [5, 5.41) is 0. The molecule has 3 heteroatoms. The van der Waals surface area contributed by atoms with Crippen molar-refractivity contribution in [1.82, 2.24) is 4.90 Å². The summed E-state index contributed by atoms with van der Waals surface area (Å²) in [6.45, 7) is 4.80. The molecule has 0 saturated carbocycles. The fraction of sp³-hybridized carbons (Fsp3) is 0.533. The normalized spacial score (nSPS) is 19.5. The number of ether oxygens (including phenoxy) is 1. The maximum atomic E-state index is 12.4. The number of rotatable bonds is 1. The average Bonchev–Trinajstić information content (AvgIpc) is 2.86. The first-order valence-corrected chi connectivity index (χ1v) is 6.79. The summed E-state index contributed by atoms with van der Waals surface area (Å²) in [6, 6.07) is 5.83. The van der Waals surface area contributed by atoms with Crippen LogP contribution in [0.25, 0.3) is 0 Å². The van der Waals surface area contributed by atoms with Gasteiger partial charge in [-0.2, -0.15) is 0 Å². The van der Waals surface area contributed by atoms with Crippen molar-refractivity contribution in [2.24, 2.45) is 5.92 Å². The second kappa shape index (κ2) is 4.63. The fourth-order valence-corrected chi connectivity index (χ4v) is 2.71. The van der Waals surface area contributed by atoms with E-state index in [0.717, 1.165) is 56.2 Å². The van der Waals surface area contributed by atoms with Crippen LogP contribution in [0.15, 0.2) is 18.2 Å². The molecule has 0 aliphatic carbocycles. The summed E-state index contributed by atoms with van der Waals surface area (Å²) in [5.74, 6) is 1.87. The van der Waals surface area contributed by atoms with Gasteiger partial charge < -0.3 is 9.64 Å². The van der Waals surface area contributed by atoms with Crippen LogP contribution in [-0.4, -0.2) is 30.5 Å². The molecular weight excluding hydrogens is 226 g/mol. The highest BCUT2D eigenvalue weighted by Gasteiger charge is 2.22. The maximum Gasteiger partial charge on any atom is 0.253 e. The van der Waals surface area contributed by atoms with Gasteiger partial charge in [0.2, 0.25) is 0 Å². The third kappa shape index (κ3) is 2.09. The number of piperidine rings is 1. The molecule has 0 unspecified atom stereocenters. The topological polar surface area (TPSA) is 29.5 Å². The third-order valence-electron chi connectivity index (χ3n) is 4.01. The van der Waals surface area contributed by atoms with Crippen LogP contribution in [0, 0.1) is 5.92 Å². The van der Waals surface area contributed by atoms with Gasteiger partial charge in [0, 0.05) is 25.1 Å². The molecule has 2 heterocycles. The molecule has 1 aromatic carbocycles. The Morgan fingerprint density at radius 1 is 1.33 bits per heavy atom.